The van der Waals surface area contributed by atoms with Gasteiger partial charge in [-0.2, -0.15) is 0 Å². The van der Waals surface area contributed by atoms with Crippen molar-refractivity contribution in [3.8, 4) is 0 Å². The molecule has 0 bridgehead atoms. The van der Waals surface area contributed by atoms with Crippen molar-refractivity contribution in [3.05, 3.63) is 114 Å². The molecule has 0 amide bonds. The Labute approximate surface area is 201 Å². The minimum absolute atomic E-state index is 0.0521. The highest BCUT2D eigenvalue weighted by Gasteiger charge is 2.12. The lowest BCUT2D eigenvalue weighted by molar-refractivity contribution is -0.135. The molecule has 2 aromatic carbocycles. The monoisotopic (exact) mass is 464 g/mol. The summed E-state index contributed by atoms with van der Waals surface area (Å²) in [6.45, 7) is 10.1. The van der Waals surface area contributed by atoms with E-state index >= 15 is 0 Å². The van der Waals surface area contributed by atoms with Crippen LogP contribution in [-0.2, 0) is 11.3 Å². The van der Waals surface area contributed by atoms with Gasteiger partial charge in [0.15, 0.2) is 0 Å². The van der Waals surface area contributed by atoms with Gasteiger partial charge < -0.3 is 15.0 Å². The van der Waals surface area contributed by atoms with Crippen molar-refractivity contribution >= 4 is 17.8 Å². The van der Waals surface area contributed by atoms with Crippen molar-refractivity contribution in [2.24, 2.45) is 0 Å². The zero-order valence-electron chi connectivity index (χ0n) is 20.0. The van der Waals surface area contributed by atoms with Crippen LogP contribution in [0.25, 0.3) is 6.08 Å². The third kappa shape index (κ3) is 10.6. The minimum atomic E-state index is -0.875. The molecule has 0 aliphatic carbocycles. The van der Waals surface area contributed by atoms with Gasteiger partial charge in [0.2, 0.25) is 5.78 Å². The summed E-state index contributed by atoms with van der Waals surface area (Å²) in [4.78, 5) is 22.2. The smallest absolute Gasteiger partial charge is 0.322 e. The molecule has 1 heterocycles. The number of hydrogen-bond donors (Lipinski definition) is 2. The summed E-state index contributed by atoms with van der Waals surface area (Å²) < 4.78 is 14.9. The van der Waals surface area contributed by atoms with E-state index in [0.29, 0.717) is 17.8 Å². The molecule has 3 rings (SSSR count). The van der Waals surface area contributed by atoms with Crippen LogP contribution in [0.15, 0.2) is 85.7 Å². The molecule has 0 saturated carbocycles. The predicted octanol–water partition coefficient (Wildman–Crippen LogP) is 6.10. The molecule has 0 aliphatic rings. The largest absolute Gasteiger partial charge is 0.480 e. The van der Waals surface area contributed by atoms with E-state index in [2.05, 4.69) is 44.8 Å². The first-order chi connectivity index (χ1) is 16.3. The van der Waals surface area contributed by atoms with E-state index in [-0.39, 0.29) is 18.1 Å². The second-order valence-electron chi connectivity index (χ2n) is 7.38. The van der Waals surface area contributed by atoms with Gasteiger partial charge in [-0.25, -0.2) is 4.39 Å². The van der Waals surface area contributed by atoms with Crippen LogP contribution in [-0.4, -0.2) is 28.0 Å². The van der Waals surface area contributed by atoms with Crippen molar-refractivity contribution in [1.29, 1.82) is 0 Å². The molecule has 1 aromatic heterocycles. The summed E-state index contributed by atoms with van der Waals surface area (Å²) in [6.07, 6.45) is 8.53. The van der Waals surface area contributed by atoms with E-state index < -0.39 is 5.97 Å². The normalized spacial score (nSPS) is 9.88. The maximum atomic E-state index is 13.0. The molecule has 0 spiro atoms. The number of carbonyl (C=O) groups excluding carboxylic acids is 1. The molecule has 2 N–H and O–H groups in total. The van der Waals surface area contributed by atoms with Crippen LogP contribution in [0.3, 0.4) is 0 Å². The van der Waals surface area contributed by atoms with Crippen molar-refractivity contribution in [2.75, 3.05) is 6.54 Å². The average molecular weight is 465 g/mol. The Morgan fingerprint density at radius 1 is 1.09 bits per heavy atom. The highest BCUT2D eigenvalue weighted by atomic mass is 19.1. The lowest BCUT2D eigenvalue weighted by Crippen LogP contribution is -2.15. The summed E-state index contributed by atoms with van der Waals surface area (Å²) in [7, 11) is 0. The van der Waals surface area contributed by atoms with Gasteiger partial charge in [-0.3, -0.25) is 9.59 Å². The molecular formula is C28H33FN2O3. The van der Waals surface area contributed by atoms with Crippen LogP contribution < -0.4 is 5.32 Å². The lowest BCUT2D eigenvalue weighted by atomic mass is 10.1. The fraction of sp³-hybridized carbons (Fsp3) is 0.214. The van der Waals surface area contributed by atoms with Crippen molar-refractivity contribution in [3.63, 3.8) is 0 Å². The molecule has 0 aliphatic heterocycles. The second kappa shape index (κ2) is 15.8. The van der Waals surface area contributed by atoms with Gasteiger partial charge in [-0.15, -0.1) is 0 Å². The summed E-state index contributed by atoms with van der Waals surface area (Å²) in [5.74, 6) is -1.33. The van der Waals surface area contributed by atoms with E-state index in [1.165, 1.54) is 42.4 Å². The Morgan fingerprint density at radius 2 is 1.76 bits per heavy atom. The first-order valence-corrected chi connectivity index (χ1v) is 11.1. The number of aromatic nitrogens is 1. The van der Waals surface area contributed by atoms with Gasteiger partial charge in [0.25, 0.3) is 0 Å². The molecule has 0 atom stereocenters. The third-order valence-corrected chi connectivity index (χ3v) is 4.22. The first-order valence-electron chi connectivity index (χ1n) is 11.1. The van der Waals surface area contributed by atoms with Crippen LogP contribution in [0.5, 0.6) is 0 Å². The van der Waals surface area contributed by atoms with E-state index in [0.717, 1.165) is 5.56 Å². The molecule has 0 fully saturated rings. The number of carbonyl (C=O) groups is 2. The molecule has 34 heavy (non-hydrogen) atoms. The highest BCUT2D eigenvalue weighted by molar-refractivity contribution is 6.08. The van der Waals surface area contributed by atoms with E-state index in [4.69, 9.17) is 5.11 Å². The summed E-state index contributed by atoms with van der Waals surface area (Å²) in [6, 6.07) is 17.5. The molecule has 3 aromatic rings. The fourth-order valence-corrected chi connectivity index (χ4v) is 2.76. The summed E-state index contributed by atoms with van der Waals surface area (Å²) in [5.41, 5.74) is 3.42. The number of nitrogens with one attached hydrogen (secondary N) is 1. The third-order valence-electron chi connectivity index (χ3n) is 4.22. The van der Waals surface area contributed by atoms with Crippen molar-refractivity contribution < 1.29 is 19.1 Å². The number of ketones is 1. The minimum Gasteiger partial charge on any atom is -0.480 e. The van der Waals surface area contributed by atoms with Gasteiger partial charge in [0.05, 0.1) is 5.69 Å². The number of carboxylic acids is 1. The van der Waals surface area contributed by atoms with Crippen LogP contribution in [0.4, 0.5) is 4.39 Å². The van der Waals surface area contributed by atoms with Gasteiger partial charge >= 0.3 is 5.97 Å². The van der Waals surface area contributed by atoms with Crippen LogP contribution in [0, 0.1) is 12.7 Å². The maximum absolute atomic E-state index is 13.0. The number of halogens is 1. The maximum Gasteiger partial charge on any atom is 0.322 e. The lowest BCUT2D eigenvalue weighted by Gasteiger charge is -2.06. The van der Waals surface area contributed by atoms with Gasteiger partial charge in [-0.05, 0) is 55.1 Å². The summed E-state index contributed by atoms with van der Waals surface area (Å²) >= 11 is 0. The van der Waals surface area contributed by atoms with Crippen LogP contribution in [0.2, 0.25) is 0 Å². The first kappa shape index (κ1) is 28.1. The van der Waals surface area contributed by atoms with E-state index in [9.17, 15) is 14.0 Å². The molecule has 0 radical (unpaired) electrons. The number of nitrogens with zero attached hydrogens (tertiary/aromatic N) is 1. The number of benzene rings is 2. The predicted molar refractivity (Wildman–Crippen MR) is 136 cm³/mol. The number of rotatable bonds is 8. The number of aryl methyl sites for hydroxylation is 1. The molecule has 0 unspecified atom stereocenters. The summed E-state index contributed by atoms with van der Waals surface area (Å²) in [5, 5.41) is 10.3. The Balaban J connectivity index is 0.000000491. The zero-order valence-corrected chi connectivity index (χ0v) is 20.0. The van der Waals surface area contributed by atoms with Crippen LogP contribution >= 0.6 is 0 Å². The highest BCUT2D eigenvalue weighted by Crippen LogP contribution is 2.13. The van der Waals surface area contributed by atoms with Crippen molar-refractivity contribution in [2.45, 2.75) is 33.7 Å². The van der Waals surface area contributed by atoms with Crippen molar-refractivity contribution in [1.82, 2.24) is 9.88 Å². The number of hydrogen-bond acceptors (Lipinski definition) is 3. The topological polar surface area (TPSA) is 71.3 Å². The van der Waals surface area contributed by atoms with E-state index in [1.807, 2.05) is 41.1 Å². The Bertz CT molecular complexity index is 1070. The molecule has 0 saturated heterocycles. The quantitative estimate of drug-likeness (QED) is 0.395. The number of allylic oxidation sites excluding steroid dienone is 1. The van der Waals surface area contributed by atoms with Crippen LogP contribution in [0.1, 0.15) is 47.4 Å². The average Bonchev–Trinajstić information content (AvgIpc) is 3.27. The Hall–Kier alpha value is -3.93. The van der Waals surface area contributed by atoms with Gasteiger partial charge in [0, 0.05) is 18.3 Å². The number of aliphatic carboxylic acids is 1. The SMILES string of the molecule is C=CNCC(=O)O.CCC.Cc1cccc(/C=C/Cn2cccc2C(=O)c2ccc(F)cc2)c1. The molecule has 180 valence electrons. The van der Waals surface area contributed by atoms with Gasteiger partial charge in [-0.1, -0.05) is 68.8 Å². The fourth-order valence-electron chi connectivity index (χ4n) is 2.76. The molecule has 6 heteroatoms. The molecule has 5 nitrogen and oxygen atoms in total. The zero-order chi connectivity index (χ0) is 25.3. The Morgan fingerprint density at radius 3 is 2.32 bits per heavy atom. The van der Waals surface area contributed by atoms with Gasteiger partial charge in [0.1, 0.15) is 12.4 Å². The molecular weight excluding hydrogens is 431 g/mol. The Kier molecular flexibility index (Phi) is 13.1. The second-order valence-corrected chi connectivity index (χ2v) is 7.38. The standard InChI is InChI=1S/C21H18FNO.C4H7NO2.C3H8/c1-16-5-2-6-17(15-16)7-3-13-23-14-4-8-20(23)21(24)18-9-11-19(22)12-10-18;1-2-5-3-4(6)7;1-3-2/h2-12,14-15H,13H2,1H3;2,5H,1,3H2,(H,6,7);3H2,1-2H3/b7-3+;;. The van der Waals surface area contributed by atoms with E-state index in [1.54, 1.807) is 6.07 Å². The number of carboxylic acid groups (broad SMARTS) is 1.